The number of furan rings is 1. The number of halogens is 1. The summed E-state index contributed by atoms with van der Waals surface area (Å²) in [6, 6.07) is 19.2. The third-order valence-corrected chi connectivity index (χ3v) is 4.91. The lowest BCUT2D eigenvalue weighted by Crippen LogP contribution is -2.16. The van der Waals surface area contributed by atoms with Crippen molar-refractivity contribution in [2.75, 3.05) is 6.61 Å². The van der Waals surface area contributed by atoms with Crippen molar-refractivity contribution in [3.8, 4) is 5.75 Å². The molecule has 3 aromatic carbocycles. The molecule has 0 aliphatic rings. The van der Waals surface area contributed by atoms with Gasteiger partial charge in [-0.25, -0.2) is 5.43 Å². The van der Waals surface area contributed by atoms with Gasteiger partial charge >= 0.3 is 5.91 Å². The number of hydrogen-bond acceptors (Lipinski definition) is 4. The summed E-state index contributed by atoms with van der Waals surface area (Å²) >= 11 is 3.46. The number of rotatable bonds is 5. The molecule has 0 fully saturated rings. The van der Waals surface area contributed by atoms with Gasteiger partial charge < -0.3 is 9.15 Å². The first-order valence-electron chi connectivity index (χ1n) is 8.83. The molecule has 5 nitrogen and oxygen atoms in total. The minimum absolute atomic E-state index is 0.219. The van der Waals surface area contributed by atoms with Crippen molar-refractivity contribution in [2.24, 2.45) is 5.10 Å². The van der Waals surface area contributed by atoms with Gasteiger partial charge in [0.1, 0.15) is 11.3 Å². The van der Waals surface area contributed by atoms with Crippen molar-refractivity contribution < 1.29 is 13.9 Å². The minimum Gasteiger partial charge on any atom is -0.493 e. The maximum Gasteiger partial charge on any atom is 0.307 e. The maximum atomic E-state index is 12.4. The van der Waals surface area contributed by atoms with Gasteiger partial charge in [-0.1, -0.05) is 30.3 Å². The number of hydrazone groups is 1. The molecule has 0 spiro atoms. The molecule has 0 atom stereocenters. The maximum absolute atomic E-state index is 12.4. The molecule has 0 aliphatic carbocycles. The van der Waals surface area contributed by atoms with E-state index in [2.05, 4.69) is 26.5 Å². The highest BCUT2D eigenvalue weighted by molar-refractivity contribution is 9.10. The van der Waals surface area contributed by atoms with Crippen LogP contribution in [0.25, 0.3) is 21.7 Å². The van der Waals surface area contributed by atoms with Crippen molar-refractivity contribution in [2.45, 2.75) is 6.92 Å². The molecule has 1 amide bonds. The van der Waals surface area contributed by atoms with Crippen molar-refractivity contribution in [3.05, 3.63) is 76.5 Å². The molecule has 4 rings (SSSR count). The predicted octanol–water partition coefficient (Wildman–Crippen LogP) is 5.51. The Morgan fingerprint density at radius 2 is 2.00 bits per heavy atom. The second kappa shape index (κ2) is 7.86. The molecular weight excluding hydrogens is 420 g/mol. The molecule has 4 aromatic rings. The molecule has 1 heterocycles. The molecule has 0 saturated heterocycles. The van der Waals surface area contributed by atoms with Gasteiger partial charge in [0.05, 0.1) is 17.3 Å². The average Bonchev–Trinajstić information content (AvgIpc) is 3.15. The standard InChI is InChI=1S/C22H17BrN2O3/c1-2-27-20-9-7-14(11-18(20)23)13-24-25-22(26)21-12-17-16-6-4-3-5-15(16)8-10-19(17)28-21/h3-13H,2H2,1H3,(H,25,26)/b24-13+. The highest BCUT2D eigenvalue weighted by atomic mass is 79.9. The molecule has 0 radical (unpaired) electrons. The van der Waals surface area contributed by atoms with E-state index in [1.165, 1.54) is 0 Å². The van der Waals surface area contributed by atoms with Gasteiger partial charge in [-0.2, -0.15) is 5.10 Å². The van der Waals surface area contributed by atoms with E-state index in [1.54, 1.807) is 12.3 Å². The van der Waals surface area contributed by atoms with Crippen LogP contribution in [0.15, 0.2) is 74.7 Å². The second-order valence-electron chi connectivity index (χ2n) is 6.13. The van der Waals surface area contributed by atoms with Crippen molar-refractivity contribution in [1.82, 2.24) is 5.43 Å². The number of ether oxygens (including phenoxy) is 1. The molecule has 1 aromatic heterocycles. The fourth-order valence-electron chi connectivity index (χ4n) is 2.99. The SMILES string of the molecule is CCOc1ccc(/C=N/NC(=O)c2cc3c(ccc4ccccc43)o2)cc1Br. The number of benzene rings is 3. The van der Waals surface area contributed by atoms with Crippen molar-refractivity contribution in [1.29, 1.82) is 0 Å². The van der Waals surface area contributed by atoms with Gasteiger partial charge in [0, 0.05) is 5.39 Å². The Hall–Kier alpha value is -3.12. The third-order valence-electron chi connectivity index (χ3n) is 4.29. The van der Waals surface area contributed by atoms with E-state index in [4.69, 9.17) is 9.15 Å². The highest BCUT2D eigenvalue weighted by Crippen LogP contribution is 2.28. The third kappa shape index (κ3) is 3.64. The first kappa shape index (κ1) is 18.3. The van der Waals surface area contributed by atoms with E-state index in [0.717, 1.165) is 31.9 Å². The van der Waals surface area contributed by atoms with Crippen molar-refractivity contribution in [3.63, 3.8) is 0 Å². The van der Waals surface area contributed by atoms with Crippen LogP contribution in [-0.2, 0) is 0 Å². The predicted molar refractivity (Wildman–Crippen MR) is 114 cm³/mol. The summed E-state index contributed by atoms with van der Waals surface area (Å²) in [6.07, 6.45) is 1.57. The number of hydrogen-bond donors (Lipinski definition) is 1. The quantitative estimate of drug-likeness (QED) is 0.331. The number of nitrogens with zero attached hydrogens (tertiary/aromatic N) is 1. The van der Waals surface area contributed by atoms with E-state index in [1.807, 2.05) is 61.5 Å². The van der Waals surface area contributed by atoms with Gasteiger partial charge in [-0.3, -0.25) is 4.79 Å². The Balaban J connectivity index is 1.51. The molecule has 140 valence electrons. The topological polar surface area (TPSA) is 63.8 Å². The Morgan fingerprint density at radius 1 is 1.14 bits per heavy atom. The zero-order chi connectivity index (χ0) is 19.5. The summed E-state index contributed by atoms with van der Waals surface area (Å²) < 4.78 is 12.0. The Bertz CT molecular complexity index is 1200. The number of nitrogens with one attached hydrogen (secondary N) is 1. The molecule has 6 heteroatoms. The largest absolute Gasteiger partial charge is 0.493 e. The van der Waals surface area contributed by atoms with Crippen LogP contribution in [0.4, 0.5) is 0 Å². The average molecular weight is 437 g/mol. The normalized spacial score (nSPS) is 11.4. The molecule has 0 saturated carbocycles. The number of amides is 1. The number of carbonyl (C=O) groups is 1. The first-order valence-corrected chi connectivity index (χ1v) is 9.62. The van der Waals surface area contributed by atoms with E-state index in [-0.39, 0.29) is 5.76 Å². The fraction of sp³-hybridized carbons (Fsp3) is 0.0909. The lowest BCUT2D eigenvalue weighted by atomic mass is 10.1. The van der Waals surface area contributed by atoms with Crippen LogP contribution in [0.3, 0.4) is 0 Å². The molecule has 1 N–H and O–H groups in total. The summed E-state index contributed by atoms with van der Waals surface area (Å²) in [5.41, 5.74) is 4.00. The smallest absolute Gasteiger partial charge is 0.307 e. The van der Waals surface area contributed by atoms with Crippen LogP contribution >= 0.6 is 15.9 Å². The Morgan fingerprint density at radius 3 is 2.82 bits per heavy atom. The zero-order valence-corrected chi connectivity index (χ0v) is 16.7. The summed E-state index contributed by atoms with van der Waals surface area (Å²) in [5.74, 6) is 0.580. The first-order chi connectivity index (χ1) is 13.7. The lowest BCUT2D eigenvalue weighted by molar-refractivity contribution is 0.0929. The molecular formula is C22H17BrN2O3. The van der Waals surface area contributed by atoms with Crippen LogP contribution in [-0.4, -0.2) is 18.7 Å². The monoisotopic (exact) mass is 436 g/mol. The Labute approximate surface area is 170 Å². The molecule has 0 bridgehead atoms. The molecule has 28 heavy (non-hydrogen) atoms. The van der Waals surface area contributed by atoms with Gasteiger partial charge in [0.15, 0.2) is 5.76 Å². The van der Waals surface area contributed by atoms with Gasteiger partial charge in [-0.15, -0.1) is 0 Å². The van der Waals surface area contributed by atoms with E-state index < -0.39 is 5.91 Å². The van der Waals surface area contributed by atoms with Gasteiger partial charge in [0.2, 0.25) is 0 Å². The summed E-state index contributed by atoms with van der Waals surface area (Å²) in [5, 5.41) is 7.07. The summed E-state index contributed by atoms with van der Waals surface area (Å²) in [4.78, 5) is 12.4. The van der Waals surface area contributed by atoms with Crippen LogP contribution in [0, 0.1) is 0 Å². The highest BCUT2D eigenvalue weighted by Gasteiger charge is 2.13. The van der Waals surface area contributed by atoms with E-state index >= 15 is 0 Å². The second-order valence-corrected chi connectivity index (χ2v) is 6.99. The van der Waals surface area contributed by atoms with Crippen molar-refractivity contribution >= 4 is 49.8 Å². The van der Waals surface area contributed by atoms with Crippen LogP contribution < -0.4 is 10.2 Å². The van der Waals surface area contributed by atoms with Crippen LogP contribution in [0.1, 0.15) is 23.0 Å². The lowest BCUT2D eigenvalue weighted by Gasteiger charge is -2.05. The van der Waals surface area contributed by atoms with E-state index in [0.29, 0.717) is 12.2 Å². The van der Waals surface area contributed by atoms with Gasteiger partial charge in [0.25, 0.3) is 0 Å². The zero-order valence-electron chi connectivity index (χ0n) is 15.1. The number of carbonyl (C=O) groups excluding carboxylic acids is 1. The van der Waals surface area contributed by atoms with E-state index in [9.17, 15) is 4.79 Å². The molecule has 0 aliphatic heterocycles. The number of fused-ring (bicyclic) bond motifs is 3. The minimum atomic E-state index is -0.401. The Kier molecular flexibility index (Phi) is 5.12. The fourth-order valence-corrected chi connectivity index (χ4v) is 3.51. The van der Waals surface area contributed by atoms with Crippen LogP contribution in [0.2, 0.25) is 0 Å². The van der Waals surface area contributed by atoms with Gasteiger partial charge in [-0.05, 0) is 69.5 Å². The summed E-state index contributed by atoms with van der Waals surface area (Å²) in [7, 11) is 0. The summed E-state index contributed by atoms with van der Waals surface area (Å²) in [6.45, 7) is 2.52. The molecule has 0 unspecified atom stereocenters. The van der Waals surface area contributed by atoms with Crippen LogP contribution in [0.5, 0.6) is 5.75 Å².